The van der Waals surface area contributed by atoms with Gasteiger partial charge in [0.1, 0.15) is 0 Å². The van der Waals surface area contributed by atoms with E-state index >= 15 is 0 Å². The second-order valence-electron chi connectivity index (χ2n) is 11.9. The zero-order valence-corrected chi connectivity index (χ0v) is 26.1. The molecule has 1 aliphatic heterocycles. The SMILES string of the molecule is CN(Cc1ccccc1)C[C@H]1C[C@@H](c2ccc(CO)cc2)O[C@@H](c2ccc(-c3ccccc3CNC(=O)c3ccccc3)cc2)O1. The minimum Gasteiger partial charge on any atom is -0.392 e. The summed E-state index contributed by atoms with van der Waals surface area (Å²) in [5, 5.41) is 12.6. The van der Waals surface area contributed by atoms with Crippen LogP contribution in [0.2, 0.25) is 0 Å². The van der Waals surface area contributed by atoms with Crippen LogP contribution in [0.15, 0.2) is 133 Å². The van der Waals surface area contributed by atoms with Crippen LogP contribution in [0.4, 0.5) is 0 Å². The largest absolute Gasteiger partial charge is 0.392 e. The second-order valence-corrected chi connectivity index (χ2v) is 11.9. The van der Waals surface area contributed by atoms with Crippen LogP contribution < -0.4 is 5.32 Å². The highest BCUT2D eigenvalue weighted by atomic mass is 16.7. The molecule has 1 amide bonds. The van der Waals surface area contributed by atoms with Crippen LogP contribution in [0.5, 0.6) is 0 Å². The molecule has 234 valence electrons. The molecule has 3 atom stereocenters. The highest BCUT2D eigenvalue weighted by Crippen LogP contribution is 2.39. The Morgan fingerprint density at radius 3 is 2.13 bits per heavy atom. The Balaban J connectivity index is 1.18. The Labute approximate surface area is 271 Å². The maximum Gasteiger partial charge on any atom is 0.251 e. The summed E-state index contributed by atoms with van der Waals surface area (Å²) in [6.45, 7) is 2.04. The number of benzene rings is 5. The van der Waals surface area contributed by atoms with Gasteiger partial charge in [0.2, 0.25) is 0 Å². The summed E-state index contributed by atoms with van der Waals surface area (Å²) in [5.41, 5.74) is 7.97. The van der Waals surface area contributed by atoms with E-state index in [1.807, 2.05) is 78.9 Å². The molecule has 1 aliphatic rings. The number of carbonyl (C=O) groups is 1. The van der Waals surface area contributed by atoms with E-state index in [9.17, 15) is 9.90 Å². The normalized spacial score (nSPS) is 17.9. The third-order valence-corrected chi connectivity index (χ3v) is 8.41. The summed E-state index contributed by atoms with van der Waals surface area (Å²) in [6.07, 6.45) is 0.0218. The zero-order valence-electron chi connectivity index (χ0n) is 26.1. The lowest BCUT2D eigenvalue weighted by molar-refractivity contribution is -0.252. The molecule has 6 nitrogen and oxygen atoms in total. The first-order valence-electron chi connectivity index (χ1n) is 15.8. The van der Waals surface area contributed by atoms with Gasteiger partial charge in [-0.1, -0.05) is 121 Å². The van der Waals surface area contributed by atoms with Gasteiger partial charge in [0.25, 0.3) is 5.91 Å². The van der Waals surface area contributed by atoms with Gasteiger partial charge < -0.3 is 19.9 Å². The molecule has 5 aromatic carbocycles. The summed E-state index contributed by atoms with van der Waals surface area (Å²) in [6, 6.07) is 44.2. The molecular formula is C40H40N2O4. The van der Waals surface area contributed by atoms with Crippen molar-refractivity contribution < 1.29 is 19.4 Å². The van der Waals surface area contributed by atoms with Crippen molar-refractivity contribution in [1.29, 1.82) is 0 Å². The van der Waals surface area contributed by atoms with Crippen LogP contribution in [0.3, 0.4) is 0 Å². The average molecular weight is 613 g/mol. The van der Waals surface area contributed by atoms with E-state index < -0.39 is 6.29 Å². The van der Waals surface area contributed by atoms with E-state index in [0.717, 1.165) is 52.9 Å². The molecule has 0 radical (unpaired) electrons. The van der Waals surface area contributed by atoms with Crippen molar-refractivity contribution in [2.24, 2.45) is 0 Å². The maximum atomic E-state index is 12.7. The quantitative estimate of drug-likeness (QED) is 0.162. The van der Waals surface area contributed by atoms with E-state index in [1.165, 1.54) is 5.56 Å². The van der Waals surface area contributed by atoms with Crippen molar-refractivity contribution >= 4 is 5.91 Å². The number of nitrogens with zero attached hydrogens (tertiary/aromatic N) is 1. The van der Waals surface area contributed by atoms with Gasteiger partial charge in [-0.25, -0.2) is 0 Å². The van der Waals surface area contributed by atoms with Crippen LogP contribution in [0.25, 0.3) is 11.1 Å². The van der Waals surface area contributed by atoms with Crippen LogP contribution >= 0.6 is 0 Å². The van der Waals surface area contributed by atoms with Crippen molar-refractivity contribution in [3.63, 3.8) is 0 Å². The number of nitrogens with one attached hydrogen (secondary N) is 1. The molecule has 0 spiro atoms. The lowest BCUT2D eigenvalue weighted by Gasteiger charge is -2.38. The highest BCUT2D eigenvalue weighted by Gasteiger charge is 2.32. The van der Waals surface area contributed by atoms with Crippen LogP contribution in [0, 0.1) is 0 Å². The van der Waals surface area contributed by atoms with E-state index in [0.29, 0.717) is 12.1 Å². The molecule has 0 aromatic heterocycles. The number of likely N-dealkylation sites (N-methyl/N-ethyl adjacent to an activating group) is 1. The number of hydrogen-bond acceptors (Lipinski definition) is 5. The van der Waals surface area contributed by atoms with Crippen molar-refractivity contribution in [2.75, 3.05) is 13.6 Å². The molecule has 6 heteroatoms. The first-order chi connectivity index (χ1) is 22.6. The first kappa shape index (κ1) is 31.4. The van der Waals surface area contributed by atoms with Gasteiger partial charge in [-0.2, -0.15) is 0 Å². The summed E-state index contributed by atoms with van der Waals surface area (Å²) >= 11 is 0. The van der Waals surface area contributed by atoms with E-state index in [-0.39, 0.29) is 24.7 Å². The standard InChI is InChI=1S/C40H40N2O4/c1-42(26-29-10-4-2-5-11-29)27-36-24-38(32-18-16-30(28-43)17-19-32)46-40(45-36)34-22-20-31(21-23-34)37-15-9-8-14-35(37)25-41-39(44)33-12-6-3-7-13-33/h2-23,36,38,40,43H,24-28H2,1H3,(H,41,44)/t36-,38+,40+/m1/s1. The molecule has 5 aromatic rings. The molecule has 0 saturated carbocycles. The van der Waals surface area contributed by atoms with Crippen molar-refractivity contribution in [1.82, 2.24) is 10.2 Å². The fraction of sp³-hybridized carbons (Fsp3) is 0.225. The monoisotopic (exact) mass is 612 g/mol. The van der Waals surface area contributed by atoms with Gasteiger partial charge in [0.05, 0.1) is 18.8 Å². The Morgan fingerprint density at radius 2 is 1.41 bits per heavy atom. The van der Waals surface area contributed by atoms with Crippen LogP contribution in [0.1, 0.15) is 57.0 Å². The van der Waals surface area contributed by atoms with Gasteiger partial charge in [0.15, 0.2) is 6.29 Å². The third-order valence-electron chi connectivity index (χ3n) is 8.41. The fourth-order valence-electron chi connectivity index (χ4n) is 5.98. The van der Waals surface area contributed by atoms with Crippen LogP contribution in [-0.4, -0.2) is 35.6 Å². The topological polar surface area (TPSA) is 71.0 Å². The molecule has 1 saturated heterocycles. The Morgan fingerprint density at radius 1 is 0.761 bits per heavy atom. The number of ether oxygens (including phenoxy) is 2. The van der Waals surface area contributed by atoms with Gasteiger partial charge >= 0.3 is 0 Å². The highest BCUT2D eigenvalue weighted by molar-refractivity contribution is 5.94. The molecule has 1 heterocycles. The number of amides is 1. The summed E-state index contributed by atoms with van der Waals surface area (Å²) < 4.78 is 13.2. The Bertz CT molecular complexity index is 1690. The minimum atomic E-state index is -0.527. The van der Waals surface area contributed by atoms with Crippen molar-refractivity contribution in [3.8, 4) is 11.1 Å². The molecule has 6 rings (SSSR count). The number of carbonyl (C=O) groups excluding carboxylic acids is 1. The van der Waals surface area contributed by atoms with E-state index in [1.54, 1.807) is 0 Å². The van der Waals surface area contributed by atoms with Gasteiger partial charge in [-0.15, -0.1) is 0 Å². The average Bonchev–Trinajstić information content (AvgIpc) is 3.11. The number of rotatable bonds is 11. The fourth-order valence-corrected chi connectivity index (χ4v) is 5.98. The van der Waals surface area contributed by atoms with Gasteiger partial charge in [-0.05, 0) is 52.6 Å². The molecule has 0 bridgehead atoms. The molecule has 0 unspecified atom stereocenters. The predicted molar refractivity (Wildman–Crippen MR) is 181 cm³/mol. The lowest BCUT2D eigenvalue weighted by Crippen LogP contribution is -2.37. The number of aliphatic hydroxyl groups excluding tert-OH is 1. The lowest BCUT2D eigenvalue weighted by atomic mass is 9.97. The first-order valence-corrected chi connectivity index (χ1v) is 15.8. The summed E-state index contributed by atoms with van der Waals surface area (Å²) in [4.78, 5) is 15.0. The smallest absolute Gasteiger partial charge is 0.251 e. The van der Waals surface area contributed by atoms with Gasteiger partial charge in [-0.3, -0.25) is 9.69 Å². The molecular weight excluding hydrogens is 572 g/mol. The molecule has 0 aliphatic carbocycles. The Hall–Kier alpha value is -4.59. The van der Waals surface area contributed by atoms with E-state index in [2.05, 4.69) is 71.9 Å². The molecule has 2 N–H and O–H groups in total. The van der Waals surface area contributed by atoms with Crippen molar-refractivity contribution in [2.45, 2.75) is 44.6 Å². The summed E-state index contributed by atoms with van der Waals surface area (Å²) in [5.74, 6) is -0.0955. The minimum absolute atomic E-state index is 0.0132. The molecule has 1 fully saturated rings. The van der Waals surface area contributed by atoms with E-state index in [4.69, 9.17) is 9.47 Å². The van der Waals surface area contributed by atoms with Crippen LogP contribution in [-0.2, 0) is 29.2 Å². The summed E-state index contributed by atoms with van der Waals surface area (Å²) in [7, 11) is 2.13. The molecule has 46 heavy (non-hydrogen) atoms. The predicted octanol–water partition coefficient (Wildman–Crippen LogP) is 7.45. The third kappa shape index (κ3) is 7.97. The number of hydrogen-bond donors (Lipinski definition) is 2. The Kier molecular flexibility index (Phi) is 10.3. The number of aliphatic hydroxyl groups is 1. The maximum absolute atomic E-state index is 12.7. The van der Waals surface area contributed by atoms with Gasteiger partial charge in [0, 0.05) is 37.2 Å². The zero-order chi connectivity index (χ0) is 31.7. The second kappa shape index (κ2) is 15.1. The van der Waals surface area contributed by atoms with Crippen molar-refractivity contribution in [3.05, 3.63) is 167 Å².